The molecule has 5 fully saturated rings. The van der Waals surface area contributed by atoms with Gasteiger partial charge in [0, 0.05) is 68.0 Å². The van der Waals surface area contributed by atoms with Gasteiger partial charge in [-0.25, -0.2) is 4.39 Å². The lowest BCUT2D eigenvalue weighted by atomic mass is 9.78. The third-order valence-electron chi connectivity index (χ3n) is 11.7. The number of hydrogen-bond acceptors (Lipinski definition) is 5. The SMILES string of the molecule is Cc1ccc(F)c2c1NC(C(=O)N[C@@H]1CCC[C@H](N3CCN4C(CN(C5CCC5)C4C(F)(F)F)C3)C1)(C1CCCC1)C2. The van der Waals surface area contributed by atoms with Gasteiger partial charge in [0.2, 0.25) is 5.91 Å². The normalized spacial score (nSPS) is 35.1. The van der Waals surface area contributed by atoms with E-state index in [1.807, 2.05) is 6.92 Å². The third kappa shape index (κ3) is 4.93. The summed E-state index contributed by atoms with van der Waals surface area (Å²) in [5.74, 6) is -0.0956. The summed E-state index contributed by atoms with van der Waals surface area (Å²) in [6, 6.07) is 3.51. The first kappa shape index (κ1) is 28.8. The molecule has 6 aliphatic rings. The predicted molar refractivity (Wildman–Crippen MR) is 154 cm³/mol. The summed E-state index contributed by atoms with van der Waals surface area (Å²) < 4.78 is 57.4. The Labute approximate surface area is 246 Å². The molecule has 3 unspecified atom stereocenters. The summed E-state index contributed by atoms with van der Waals surface area (Å²) in [4.78, 5) is 20.0. The quantitative estimate of drug-likeness (QED) is 0.461. The summed E-state index contributed by atoms with van der Waals surface area (Å²) in [6.45, 7) is 4.18. The Balaban J connectivity index is 1.03. The Bertz CT molecular complexity index is 1150. The van der Waals surface area contributed by atoms with Crippen molar-refractivity contribution in [3.8, 4) is 0 Å². The number of fused-ring (bicyclic) bond motifs is 2. The van der Waals surface area contributed by atoms with Crippen molar-refractivity contribution in [2.75, 3.05) is 31.5 Å². The Morgan fingerprint density at radius 3 is 2.36 bits per heavy atom. The number of piperazine rings is 1. The van der Waals surface area contributed by atoms with Crippen LogP contribution in [0.5, 0.6) is 0 Å². The zero-order valence-corrected chi connectivity index (χ0v) is 24.7. The van der Waals surface area contributed by atoms with Crippen LogP contribution in [-0.2, 0) is 11.2 Å². The molecule has 3 heterocycles. The molecule has 42 heavy (non-hydrogen) atoms. The second-order valence-corrected chi connectivity index (χ2v) is 14.0. The van der Waals surface area contributed by atoms with Crippen LogP contribution in [0, 0.1) is 18.7 Å². The minimum atomic E-state index is -4.24. The monoisotopic (exact) mass is 591 g/mol. The van der Waals surface area contributed by atoms with E-state index in [0.717, 1.165) is 81.9 Å². The largest absolute Gasteiger partial charge is 0.417 e. The van der Waals surface area contributed by atoms with E-state index < -0.39 is 17.9 Å². The van der Waals surface area contributed by atoms with E-state index in [2.05, 4.69) is 15.5 Å². The second kappa shape index (κ2) is 10.9. The second-order valence-electron chi connectivity index (χ2n) is 14.0. The van der Waals surface area contributed by atoms with E-state index >= 15 is 0 Å². The number of carbonyl (C=O) groups excluding carboxylic acids is 1. The van der Waals surface area contributed by atoms with Gasteiger partial charge in [0.25, 0.3) is 0 Å². The van der Waals surface area contributed by atoms with E-state index in [4.69, 9.17) is 0 Å². The fraction of sp³-hybridized carbons (Fsp3) is 0.781. The van der Waals surface area contributed by atoms with Crippen molar-refractivity contribution in [1.82, 2.24) is 20.0 Å². The number of rotatable bonds is 5. The number of nitrogens with one attached hydrogen (secondary N) is 2. The molecule has 2 N–H and O–H groups in total. The zero-order chi connectivity index (χ0) is 29.2. The molecule has 2 saturated heterocycles. The van der Waals surface area contributed by atoms with Crippen LogP contribution in [0.4, 0.5) is 23.2 Å². The van der Waals surface area contributed by atoms with Crippen LogP contribution in [0.1, 0.15) is 81.8 Å². The van der Waals surface area contributed by atoms with E-state index in [0.29, 0.717) is 38.2 Å². The van der Waals surface area contributed by atoms with Gasteiger partial charge in [-0.3, -0.25) is 19.5 Å². The van der Waals surface area contributed by atoms with E-state index in [9.17, 15) is 22.4 Å². The molecule has 1 aromatic rings. The van der Waals surface area contributed by atoms with Gasteiger partial charge in [-0.1, -0.05) is 25.3 Å². The van der Waals surface area contributed by atoms with Crippen molar-refractivity contribution >= 4 is 11.6 Å². The molecule has 3 aliphatic heterocycles. The highest BCUT2D eigenvalue weighted by atomic mass is 19.4. The fourth-order valence-electron chi connectivity index (χ4n) is 9.25. The third-order valence-corrected chi connectivity index (χ3v) is 11.7. The van der Waals surface area contributed by atoms with E-state index in [1.165, 1.54) is 6.07 Å². The first-order valence-electron chi connectivity index (χ1n) is 16.3. The average Bonchev–Trinajstić information content (AvgIpc) is 3.67. The average molecular weight is 592 g/mol. The fourth-order valence-corrected chi connectivity index (χ4v) is 9.25. The highest BCUT2D eigenvalue weighted by molar-refractivity contribution is 5.93. The molecule has 0 aromatic heterocycles. The highest BCUT2D eigenvalue weighted by Crippen LogP contribution is 2.46. The number of anilines is 1. The van der Waals surface area contributed by atoms with Crippen molar-refractivity contribution in [1.29, 1.82) is 0 Å². The molecule has 7 rings (SSSR count). The Morgan fingerprint density at radius 2 is 1.67 bits per heavy atom. The zero-order valence-electron chi connectivity index (χ0n) is 24.7. The lowest BCUT2D eigenvalue weighted by Crippen LogP contribution is -2.61. The maximum absolute atomic E-state index is 14.9. The van der Waals surface area contributed by atoms with E-state index in [1.54, 1.807) is 15.9 Å². The number of carbonyl (C=O) groups is 1. The van der Waals surface area contributed by atoms with Crippen LogP contribution in [0.15, 0.2) is 12.1 Å². The smallest absolute Gasteiger partial charge is 0.370 e. The maximum Gasteiger partial charge on any atom is 0.417 e. The minimum absolute atomic E-state index is 0.0141. The van der Waals surface area contributed by atoms with Crippen molar-refractivity contribution in [3.05, 3.63) is 29.1 Å². The number of nitrogens with zero attached hydrogens (tertiary/aromatic N) is 3. The van der Waals surface area contributed by atoms with Crippen molar-refractivity contribution in [2.24, 2.45) is 5.92 Å². The molecule has 1 amide bonds. The Morgan fingerprint density at radius 1 is 0.929 bits per heavy atom. The molecule has 1 aromatic carbocycles. The first-order valence-corrected chi connectivity index (χ1v) is 16.3. The summed E-state index contributed by atoms with van der Waals surface area (Å²) in [5, 5.41) is 6.98. The predicted octanol–water partition coefficient (Wildman–Crippen LogP) is 5.20. The summed E-state index contributed by atoms with van der Waals surface area (Å²) in [6.07, 6.45) is 5.27. The molecule has 6 nitrogen and oxygen atoms in total. The van der Waals surface area contributed by atoms with E-state index in [-0.39, 0.29) is 41.8 Å². The van der Waals surface area contributed by atoms with Crippen LogP contribution >= 0.6 is 0 Å². The van der Waals surface area contributed by atoms with Gasteiger partial charge in [-0.2, -0.15) is 13.2 Å². The van der Waals surface area contributed by atoms with Crippen LogP contribution in [-0.4, -0.2) is 88.8 Å². The van der Waals surface area contributed by atoms with Crippen LogP contribution in [0.2, 0.25) is 0 Å². The Kier molecular flexibility index (Phi) is 7.49. The number of halogens is 4. The molecule has 232 valence electrons. The lowest BCUT2D eigenvalue weighted by molar-refractivity contribution is -0.220. The Hall–Kier alpha value is -1.91. The molecule has 0 spiro atoms. The van der Waals surface area contributed by atoms with Crippen molar-refractivity contribution in [2.45, 2.75) is 126 Å². The van der Waals surface area contributed by atoms with Crippen LogP contribution in [0.25, 0.3) is 0 Å². The van der Waals surface area contributed by atoms with Crippen LogP contribution < -0.4 is 10.6 Å². The molecule has 10 heteroatoms. The number of amides is 1. The molecule has 3 saturated carbocycles. The van der Waals surface area contributed by atoms with Gasteiger partial charge < -0.3 is 10.6 Å². The summed E-state index contributed by atoms with van der Waals surface area (Å²) in [5.41, 5.74) is 1.54. The number of aryl methyl sites for hydroxylation is 1. The minimum Gasteiger partial charge on any atom is -0.370 e. The molecular weight excluding hydrogens is 546 g/mol. The van der Waals surface area contributed by atoms with Crippen molar-refractivity contribution < 1.29 is 22.4 Å². The number of alkyl halides is 3. The highest BCUT2D eigenvalue weighted by Gasteiger charge is 2.57. The van der Waals surface area contributed by atoms with Gasteiger partial charge in [0.1, 0.15) is 11.4 Å². The standard InChI is InChI=1S/C32H45F4N5O/c1-20-12-13-27(33)26-17-31(38-28(20)26,21-6-2-3-7-21)29(42)37-22-8-4-11-24(16-22)39-14-15-40-25(18-39)19-41(23-9-5-10-23)30(40)32(34,35)36/h12-13,21-25,30,38H,2-11,14-19H2,1H3,(H,37,42)/t22-,24+,25?,30?,31?/m1/s1. The molecule has 3 aliphatic carbocycles. The van der Waals surface area contributed by atoms with Gasteiger partial charge in [0.15, 0.2) is 6.17 Å². The summed E-state index contributed by atoms with van der Waals surface area (Å²) >= 11 is 0. The van der Waals surface area contributed by atoms with Gasteiger partial charge in [0.05, 0.1) is 0 Å². The molecule has 0 bridgehead atoms. The first-order chi connectivity index (χ1) is 20.1. The van der Waals surface area contributed by atoms with Crippen LogP contribution in [0.3, 0.4) is 0 Å². The molecular formula is C32H45F4N5O. The molecule has 0 radical (unpaired) electrons. The summed E-state index contributed by atoms with van der Waals surface area (Å²) in [7, 11) is 0. The lowest BCUT2D eigenvalue weighted by Gasteiger charge is -2.46. The van der Waals surface area contributed by atoms with Gasteiger partial charge in [-0.05, 0) is 75.8 Å². The topological polar surface area (TPSA) is 50.9 Å². The number of benzene rings is 1. The molecule has 5 atom stereocenters. The number of hydrogen-bond donors (Lipinski definition) is 2. The van der Waals surface area contributed by atoms with Gasteiger partial charge >= 0.3 is 6.18 Å². The van der Waals surface area contributed by atoms with Crippen molar-refractivity contribution in [3.63, 3.8) is 0 Å². The van der Waals surface area contributed by atoms with Gasteiger partial charge in [-0.15, -0.1) is 0 Å². The maximum atomic E-state index is 14.9.